The molecule has 7 nitrogen and oxygen atoms in total. The Morgan fingerprint density at radius 2 is 1.72 bits per heavy atom. The number of nitrogens with zero attached hydrogens (tertiary/aromatic N) is 1. The van der Waals surface area contributed by atoms with Gasteiger partial charge in [-0.2, -0.15) is 0 Å². The SMILES string of the molecule is CNC(=O)CCCCC[C@H](NC(=O)OCc1ccccc1)c1ncc(-c2ccc3ccccc3c2)[nH]1. The van der Waals surface area contributed by atoms with Gasteiger partial charge in [0.25, 0.3) is 0 Å². The Labute approximate surface area is 211 Å². The van der Waals surface area contributed by atoms with Crippen LogP contribution in [0.1, 0.15) is 49.5 Å². The van der Waals surface area contributed by atoms with Crippen LogP contribution in [0, 0.1) is 0 Å². The zero-order valence-corrected chi connectivity index (χ0v) is 20.5. The number of aromatic nitrogens is 2. The fourth-order valence-electron chi connectivity index (χ4n) is 4.14. The van der Waals surface area contributed by atoms with Crippen molar-refractivity contribution in [3.8, 4) is 11.3 Å². The van der Waals surface area contributed by atoms with Gasteiger partial charge in [-0.05, 0) is 35.2 Å². The largest absolute Gasteiger partial charge is 0.445 e. The second kappa shape index (κ2) is 12.5. The Bertz CT molecular complexity index is 1290. The third-order valence-electron chi connectivity index (χ3n) is 6.17. The molecule has 186 valence electrons. The number of imidazole rings is 1. The van der Waals surface area contributed by atoms with Gasteiger partial charge < -0.3 is 20.4 Å². The van der Waals surface area contributed by atoms with Crippen LogP contribution >= 0.6 is 0 Å². The molecule has 7 heteroatoms. The summed E-state index contributed by atoms with van der Waals surface area (Å²) >= 11 is 0. The van der Waals surface area contributed by atoms with Gasteiger partial charge in [-0.15, -0.1) is 0 Å². The predicted octanol–water partition coefficient (Wildman–Crippen LogP) is 5.89. The minimum atomic E-state index is -0.488. The van der Waals surface area contributed by atoms with E-state index in [-0.39, 0.29) is 18.6 Å². The second-order valence-electron chi connectivity index (χ2n) is 8.78. The van der Waals surface area contributed by atoms with Crippen LogP contribution in [0.15, 0.2) is 79.0 Å². The molecule has 1 atom stereocenters. The number of ether oxygens (including phenoxy) is 1. The number of carbonyl (C=O) groups excluding carboxylic acids is 2. The minimum absolute atomic E-state index is 0.0419. The quantitative estimate of drug-likeness (QED) is 0.231. The molecule has 3 aromatic carbocycles. The summed E-state index contributed by atoms with van der Waals surface area (Å²) in [5.41, 5.74) is 2.85. The van der Waals surface area contributed by atoms with E-state index in [1.807, 2.05) is 42.5 Å². The number of carbonyl (C=O) groups is 2. The van der Waals surface area contributed by atoms with E-state index in [2.05, 4.69) is 50.9 Å². The number of alkyl carbamates (subject to hydrolysis) is 1. The van der Waals surface area contributed by atoms with Crippen molar-refractivity contribution < 1.29 is 14.3 Å². The first kappa shape index (κ1) is 25.0. The van der Waals surface area contributed by atoms with Gasteiger partial charge in [-0.25, -0.2) is 9.78 Å². The number of fused-ring (bicyclic) bond motifs is 1. The van der Waals surface area contributed by atoms with Crippen LogP contribution in [-0.2, 0) is 16.1 Å². The second-order valence-corrected chi connectivity index (χ2v) is 8.78. The first-order valence-electron chi connectivity index (χ1n) is 12.3. The molecule has 0 fully saturated rings. The lowest BCUT2D eigenvalue weighted by Crippen LogP contribution is -2.30. The van der Waals surface area contributed by atoms with E-state index in [1.54, 1.807) is 13.2 Å². The van der Waals surface area contributed by atoms with Crippen LogP contribution in [0.2, 0.25) is 0 Å². The predicted molar refractivity (Wildman–Crippen MR) is 141 cm³/mol. The Kier molecular flexibility index (Phi) is 8.70. The van der Waals surface area contributed by atoms with E-state index in [4.69, 9.17) is 4.74 Å². The molecule has 0 bridgehead atoms. The number of H-pyrrole nitrogens is 1. The Balaban J connectivity index is 1.43. The molecule has 0 radical (unpaired) electrons. The Morgan fingerprint density at radius 3 is 2.53 bits per heavy atom. The van der Waals surface area contributed by atoms with Crippen LogP contribution < -0.4 is 10.6 Å². The zero-order valence-electron chi connectivity index (χ0n) is 20.5. The molecule has 0 saturated carbocycles. The highest BCUT2D eigenvalue weighted by molar-refractivity contribution is 5.86. The maximum Gasteiger partial charge on any atom is 0.408 e. The standard InChI is InChI=1S/C29H32N4O3/c1-30-27(34)15-7-3-6-14-25(33-29(35)36-20-21-10-4-2-5-11-21)28-31-19-26(32-28)24-17-16-22-12-8-9-13-23(22)18-24/h2,4-5,8-13,16-19,25H,3,6-7,14-15,20H2,1H3,(H,30,34)(H,31,32)(H,33,35)/t25-/m0/s1. The number of benzene rings is 3. The summed E-state index contributed by atoms with van der Waals surface area (Å²) in [5, 5.41) is 7.95. The molecule has 0 aliphatic heterocycles. The third kappa shape index (κ3) is 6.95. The third-order valence-corrected chi connectivity index (χ3v) is 6.17. The molecule has 0 saturated heterocycles. The van der Waals surface area contributed by atoms with E-state index >= 15 is 0 Å². The van der Waals surface area contributed by atoms with Gasteiger partial charge in [0.1, 0.15) is 12.4 Å². The van der Waals surface area contributed by atoms with E-state index in [9.17, 15) is 9.59 Å². The minimum Gasteiger partial charge on any atom is -0.445 e. The number of amides is 2. The normalized spacial score (nSPS) is 11.7. The zero-order chi connectivity index (χ0) is 25.2. The summed E-state index contributed by atoms with van der Waals surface area (Å²) in [7, 11) is 1.65. The van der Waals surface area contributed by atoms with Crippen LogP contribution in [0.5, 0.6) is 0 Å². The maximum absolute atomic E-state index is 12.6. The first-order chi connectivity index (χ1) is 17.6. The van der Waals surface area contributed by atoms with E-state index in [1.165, 1.54) is 5.39 Å². The number of nitrogens with one attached hydrogen (secondary N) is 3. The summed E-state index contributed by atoms with van der Waals surface area (Å²) in [6, 6.07) is 23.8. The van der Waals surface area contributed by atoms with Crippen LogP contribution in [-0.4, -0.2) is 29.0 Å². The molecule has 1 heterocycles. The number of hydrogen-bond acceptors (Lipinski definition) is 4. The van der Waals surface area contributed by atoms with Crippen molar-refractivity contribution in [3.05, 3.63) is 90.4 Å². The fraction of sp³-hybridized carbons (Fsp3) is 0.276. The smallest absolute Gasteiger partial charge is 0.408 e. The average Bonchev–Trinajstić information content (AvgIpc) is 3.41. The molecular formula is C29H32N4O3. The summed E-state index contributed by atoms with van der Waals surface area (Å²) in [5.74, 6) is 0.723. The topological polar surface area (TPSA) is 96.1 Å². The van der Waals surface area contributed by atoms with Gasteiger partial charge in [-0.1, -0.05) is 79.6 Å². The molecule has 1 aromatic heterocycles. The van der Waals surface area contributed by atoms with Gasteiger partial charge in [0, 0.05) is 19.0 Å². The van der Waals surface area contributed by atoms with Gasteiger partial charge in [0.15, 0.2) is 0 Å². The van der Waals surface area contributed by atoms with Crippen molar-refractivity contribution in [3.63, 3.8) is 0 Å². The molecule has 4 rings (SSSR count). The molecule has 0 spiro atoms. The molecule has 3 N–H and O–H groups in total. The Morgan fingerprint density at radius 1 is 0.944 bits per heavy atom. The molecule has 0 unspecified atom stereocenters. The van der Waals surface area contributed by atoms with Gasteiger partial charge in [-0.3, -0.25) is 4.79 Å². The van der Waals surface area contributed by atoms with Gasteiger partial charge in [0.2, 0.25) is 5.91 Å². The van der Waals surface area contributed by atoms with Gasteiger partial charge in [0.05, 0.1) is 17.9 Å². The van der Waals surface area contributed by atoms with Crippen molar-refractivity contribution >= 4 is 22.8 Å². The maximum atomic E-state index is 12.6. The van der Waals surface area contributed by atoms with Crippen LogP contribution in [0.3, 0.4) is 0 Å². The molecule has 36 heavy (non-hydrogen) atoms. The van der Waals surface area contributed by atoms with Crippen molar-refractivity contribution in [2.75, 3.05) is 7.05 Å². The summed E-state index contributed by atoms with van der Waals surface area (Å²) in [4.78, 5) is 32.1. The molecule has 2 amide bonds. The highest BCUT2D eigenvalue weighted by Crippen LogP contribution is 2.26. The number of rotatable bonds is 11. The summed E-state index contributed by atoms with van der Waals surface area (Å²) in [6.45, 7) is 0.200. The molecule has 0 aliphatic rings. The number of unbranched alkanes of at least 4 members (excludes halogenated alkanes) is 2. The first-order valence-corrected chi connectivity index (χ1v) is 12.3. The van der Waals surface area contributed by atoms with Crippen LogP contribution in [0.25, 0.3) is 22.0 Å². The summed E-state index contributed by atoms with van der Waals surface area (Å²) in [6.07, 6.45) is 5.01. The van der Waals surface area contributed by atoms with Gasteiger partial charge >= 0.3 is 6.09 Å². The van der Waals surface area contributed by atoms with Crippen molar-refractivity contribution in [2.24, 2.45) is 0 Å². The highest BCUT2D eigenvalue weighted by Gasteiger charge is 2.19. The molecule has 4 aromatic rings. The van der Waals surface area contributed by atoms with Crippen molar-refractivity contribution in [1.82, 2.24) is 20.6 Å². The monoisotopic (exact) mass is 484 g/mol. The molecule has 0 aliphatic carbocycles. The van der Waals surface area contributed by atoms with Crippen molar-refractivity contribution in [2.45, 2.75) is 44.8 Å². The van der Waals surface area contributed by atoms with E-state index < -0.39 is 6.09 Å². The fourth-order valence-corrected chi connectivity index (χ4v) is 4.14. The average molecular weight is 485 g/mol. The number of aromatic amines is 1. The lowest BCUT2D eigenvalue weighted by Gasteiger charge is -2.17. The summed E-state index contributed by atoms with van der Waals surface area (Å²) < 4.78 is 5.45. The highest BCUT2D eigenvalue weighted by atomic mass is 16.5. The van der Waals surface area contributed by atoms with E-state index in [0.717, 1.165) is 41.5 Å². The number of hydrogen-bond donors (Lipinski definition) is 3. The lowest BCUT2D eigenvalue weighted by molar-refractivity contribution is -0.120. The van der Waals surface area contributed by atoms with Crippen molar-refractivity contribution in [1.29, 1.82) is 0 Å². The lowest BCUT2D eigenvalue weighted by atomic mass is 10.1. The van der Waals surface area contributed by atoms with E-state index in [0.29, 0.717) is 18.7 Å². The van der Waals surface area contributed by atoms with Crippen LogP contribution in [0.4, 0.5) is 4.79 Å². The molecular weight excluding hydrogens is 452 g/mol. The Hall–Kier alpha value is -4.13.